The number of anilines is 1. The zero-order valence-corrected chi connectivity index (χ0v) is 13.0. The Kier molecular flexibility index (Phi) is 4.23. The highest BCUT2D eigenvalue weighted by Gasteiger charge is 2.27. The van der Waals surface area contributed by atoms with Crippen molar-refractivity contribution in [3.8, 4) is 0 Å². The lowest BCUT2D eigenvalue weighted by Crippen LogP contribution is -2.39. The molecule has 0 radical (unpaired) electrons. The van der Waals surface area contributed by atoms with Gasteiger partial charge >= 0.3 is 11.9 Å². The number of benzene rings is 1. The molecule has 0 amide bonds. The summed E-state index contributed by atoms with van der Waals surface area (Å²) in [5.74, 6) is -1.20. The summed E-state index contributed by atoms with van der Waals surface area (Å²) >= 11 is 0. The highest BCUT2D eigenvalue weighted by Crippen LogP contribution is 2.27. The third kappa shape index (κ3) is 3.16. The fourth-order valence-corrected chi connectivity index (χ4v) is 3.10. The van der Waals surface area contributed by atoms with E-state index in [0.717, 1.165) is 36.0 Å². The van der Waals surface area contributed by atoms with Crippen molar-refractivity contribution in [2.24, 2.45) is 5.92 Å². The van der Waals surface area contributed by atoms with Crippen LogP contribution in [0.25, 0.3) is 10.9 Å². The van der Waals surface area contributed by atoms with Crippen LogP contribution in [0.3, 0.4) is 0 Å². The van der Waals surface area contributed by atoms with Gasteiger partial charge in [0, 0.05) is 29.7 Å². The lowest BCUT2D eigenvalue weighted by Gasteiger charge is -2.33. The molecule has 2 heterocycles. The first-order valence-electron chi connectivity index (χ1n) is 7.86. The van der Waals surface area contributed by atoms with Gasteiger partial charge in [0.2, 0.25) is 0 Å². The van der Waals surface area contributed by atoms with Crippen LogP contribution in [0.1, 0.15) is 30.3 Å². The third-order valence-electron chi connectivity index (χ3n) is 4.24. The molecule has 122 valence electrons. The monoisotopic (exact) mass is 316 g/mol. The smallest absolute Gasteiger partial charge is 0.352 e. The molecule has 3 rings (SSSR count). The number of nitrogens with zero attached hydrogens (tertiary/aromatic N) is 1. The van der Waals surface area contributed by atoms with Crippen LogP contribution in [0.4, 0.5) is 5.69 Å². The fraction of sp³-hybridized carbons (Fsp3) is 0.412. The van der Waals surface area contributed by atoms with Crippen molar-refractivity contribution in [1.29, 1.82) is 0 Å². The summed E-state index contributed by atoms with van der Waals surface area (Å²) in [6, 6.07) is 7.43. The summed E-state index contributed by atoms with van der Waals surface area (Å²) in [6.07, 6.45) is 1.79. The summed E-state index contributed by atoms with van der Waals surface area (Å²) in [4.78, 5) is 28.0. The van der Waals surface area contributed by atoms with Crippen molar-refractivity contribution >= 4 is 28.5 Å². The lowest BCUT2D eigenvalue weighted by molar-refractivity contribution is -0.148. The minimum atomic E-state index is -0.969. The van der Waals surface area contributed by atoms with Gasteiger partial charge in [-0.1, -0.05) is 0 Å². The number of aromatic amines is 1. The first kappa shape index (κ1) is 15.4. The number of hydrogen-bond acceptors (Lipinski definition) is 4. The van der Waals surface area contributed by atoms with Gasteiger partial charge in [-0.05, 0) is 44.0 Å². The molecule has 0 saturated carbocycles. The van der Waals surface area contributed by atoms with Gasteiger partial charge in [-0.15, -0.1) is 0 Å². The van der Waals surface area contributed by atoms with Crippen molar-refractivity contribution in [3.63, 3.8) is 0 Å². The van der Waals surface area contributed by atoms with E-state index in [1.165, 1.54) is 0 Å². The van der Waals surface area contributed by atoms with E-state index in [2.05, 4.69) is 9.88 Å². The molecule has 1 unspecified atom stereocenters. The van der Waals surface area contributed by atoms with Crippen LogP contribution in [-0.2, 0) is 9.53 Å². The number of carboxylic acids is 1. The van der Waals surface area contributed by atoms with E-state index in [1.807, 2.05) is 25.1 Å². The van der Waals surface area contributed by atoms with Gasteiger partial charge in [-0.3, -0.25) is 4.79 Å². The van der Waals surface area contributed by atoms with Crippen molar-refractivity contribution in [1.82, 2.24) is 4.98 Å². The van der Waals surface area contributed by atoms with Gasteiger partial charge < -0.3 is 19.7 Å². The molecule has 6 heteroatoms. The Balaban J connectivity index is 1.81. The molecule has 0 aliphatic carbocycles. The Morgan fingerprint density at radius 3 is 2.96 bits per heavy atom. The average Bonchev–Trinajstić information content (AvgIpc) is 2.98. The van der Waals surface area contributed by atoms with E-state index < -0.39 is 5.97 Å². The molecule has 1 fully saturated rings. The third-order valence-corrected chi connectivity index (χ3v) is 4.24. The van der Waals surface area contributed by atoms with Crippen molar-refractivity contribution in [3.05, 3.63) is 30.0 Å². The predicted molar refractivity (Wildman–Crippen MR) is 86.8 cm³/mol. The topological polar surface area (TPSA) is 82.6 Å². The number of hydrogen-bond donors (Lipinski definition) is 2. The summed E-state index contributed by atoms with van der Waals surface area (Å²) in [5.41, 5.74) is 1.98. The Morgan fingerprint density at radius 1 is 1.39 bits per heavy atom. The van der Waals surface area contributed by atoms with Crippen LogP contribution in [-0.4, -0.2) is 41.7 Å². The minimum Gasteiger partial charge on any atom is -0.477 e. The number of carbonyl (C=O) groups is 2. The predicted octanol–water partition coefficient (Wildman–Crippen LogP) is 2.65. The van der Waals surface area contributed by atoms with E-state index in [4.69, 9.17) is 9.84 Å². The highest BCUT2D eigenvalue weighted by molar-refractivity contribution is 5.94. The van der Waals surface area contributed by atoms with E-state index in [9.17, 15) is 9.59 Å². The molecule has 1 saturated heterocycles. The SMILES string of the molecule is CCOC(=O)C1CCCN(c2ccc3[nH]c(C(=O)O)cc3c2)C1. The van der Waals surface area contributed by atoms with E-state index >= 15 is 0 Å². The van der Waals surface area contributed by atoms with E-state index in [1.54, 1.807) is 6.07 Å². The van der Waals surface area contributed by atoms with E-state index in [-0.39, 0.29) is 17.6 Å². The van der Waals surface area contributed by atoms with Crippen LogP contribution in [0.2, 0.25) is 0 Å². The normalized spacial score (nSPS) is 18.1. The zero-order chi connectivity index (χ0) is 16.4. The number of carboxylic acid groups (broad SMARTS) is 1. The number of aromatic nitrogens is 1. The number of H-pyrrole nitrogens is 1. The lowest BCUT2D eigenvalue weighted by atomic mass is 9.97. The van der Waals surface area contributed by atoms with Crippen molar-refractivity contribution in [2.45, 2.75) is 19.8 Å². The Bertz CT molecular complexity index is 737. The molecule has 2 N–H and O–H groups in total. The summed E-state index contributed by atoms with van der Waals surface area (Å²) in [7, 11) is 0. The number of nitrogens with one attached hydrogen (secondary N) is 1. The largest absolute Gasteiger partial charge is 0.477 e. The second-order valence-corrected chi connectivity index (χ2v) is 5.80. The Morgan fingerprint density at radius 2 is 2.22 bits per heavy atom. The fourth-order valence-electron chi connectivity index (χ4n) is 3.10. The second kappa shape index (κ2) is 6.32. The van der Waals surface area contributed by atoms with Gasteiger partial charge in [-0.2, -0.15) is 0 Å². The van der Waals surface area contributed by atoms with Crippen LogP contribution >= 0.6 is 0 Å². The van der Waals surface area contributed by atoms with Crippen LogP contribution < -0.4 is 4.90 Å². The van der Waals surface area contributed by atoms with Crippen molar-refractivity contribution < 1.29 is 19.4 Å². The Labute approximate surface area is 134 Å². The van der Waals surface area contributed by atoms with Crippen LogP contribution in [0.15, 0.2) is 24.3 Å². The van der Waals surface area contributed by atoms with Crippen LogP contribution in [0.5, 0.6) is 0 Å². The molecule has 0 spiro atoms. The molecule has 1 aromatic heterocycles. The molecule has 6 nitrogen and oxygen atoms in total. The maximum absolute atomic E-state index is 11.9. The molecule has 1 aliphatic rings. The molecule has 23 heavy (non-hydrogen) atoms. The zero-order valence-electron chi connectivity index (χ0n) is 13.0. The van der Waals surface area contributed by atoms with Gasteiger partial charge in [0.05, 0.1) is 12.5 Å². The van der Waals surface area contributed by atoms with Gasteiger partial charge in [-0.25, -0.2) is 4.79 Å². The molecule has 0 bridgehead atoms. The number of ether oxygens (including phenoxy) is 1. The van der Waals surface area contributed by atoms with Crippen molar-refractivity contribution in [2.75, 3.05) is 24.6 Å². The first-order chi connectivity index (χ1) is 11.1. The number of aromatic carboxylic acids is 1. The Hall–Kier alpha value is -2.50. The highest BCUT2D eigenvalue weighted by atomic mass is 16.5. The minimum absolute atomic E-state index is 0.0970. The number of esters is 1. The standard InChI is InChI=1S/C17H20N2O4/c1-2-23-17(22)11-4-3-7-19(10-11)13-5-6-14-12(8-13)9-15(18-14)16(20)21/h5-6,8-9,11,18H,2-4,7,10H2,1H3,(H,20,21). The molecule has 2 aromatic rings. The van der Waals surface area contributed by atoms with Crippen LogP contribution in [0, 0.1) is 5.92 Å². The summed E-state index contributed by atoms with van der Waals surface area (Å²) < 4.78 is 5.13. The first-order valence-corrected chi connectivity index (χ1v) is 7.86. The summed E-state index contributed by atoms with van der Waals surface area (Å²) in [5, 5.41) is 9.92. The average molecular weight is 316 g/mol. The van der Waals surface area contributed by atoms with E-state index in [0.29, 0.717) is 13.2 Å². The molecule has 1 aromatic carbocycles. The number of carbonyl (C=O) groups excluding carboxylic acids is 1. The van der Waals surface area contributed by atoms with Gasteiger partial charge in [0.25, 0.3) is 0 Å². The quantitative estimate of drug-likeness (QED) is 0.847. The molecular formula is C17H20N2O4. The van der Waals surface area contributed by atoms with Gasteiger partial charge in [0.1, 0.15) is 5.69 Å². The number of fused-ring (bicyclic) bond motifs is 1. The molecular weight excluding hydrogens is 296 g/mol. The summed E-state index contributed by atoms with van der Waals surface area (Å²) in [6.45, 7) is 3.75. The number of rotatable bonds is 4. The molecule has 1 atom stereocenters. The second-order valence-electron chi connectivity index (χ2n) is 5.80. The molecule has 1 aliphatic heterocycles. The maximum atomic E-state index is 11.9. The van der Waals surface area contributed by atoms with Gasteiger partial charge in [0.15, 0.2) is 0 Å². The maximum Gasteiger partial charge on any atom is 0.352 e. The number of piperidine rings is 1.